The average Bonchev–Trinajstić information content (AvgIpc) is 3.41. The number of rotatable bonds is 6. The van der Waals surface area contributed by atoms with E-state index in [1.54, 1.807) is 31.4 Å². The summed E-state index contributed by atoms with van der Waals surface area (Å²) in [5, 5.41) is 11.0. The quantitative estimate of drug-likeness (QED) is 0.349. The molecule has 0 spiro atoms. The second kappa shape index (κ2) is 7.75. The molecule has 4 rings (SSSR count). The normalized spacial score (nSPS) is 22.8. The number of likely N-dealkylation sites (tertiary alicyclic amines) is 1. The van der Waals surface area contributed by atoms with Crippen LogP contribution in [0.2, 0.25) is 0 Å². The minimum absolute atomic E-state index is 0.0364. The number of hydrogen-bond donors (Lipinski definition) is 1. The average molecular weight is 397 g/mol. The van der Waals surface area contributed by atoms with E-state index in [9.17, 15) is 14.7 Å². The van der Waals surface area contributed by atoms with Crippen molar-refractivity contribution in [1.29, 1.82) is 0 Å². The number of fused-ring (bicyclic) bond motifs is 1. The molecule has 0 aliphatic carbocycles. The maximum Gasteiger partial charge on any atom is 0.295 e. The summed E-state index contributed by atoms with van der Waals surface area (Å²) in [5.41, 5.74) is 1.48. The Morgan fingerprint density at radius 2 is 2.14 bits per heavy atom. The van der Waals surface area contributed by atoms with Gasteiger partial charge < -0.3 is 23.9 Å². The predicted octanol–water partition coefficient (Wildman–Crippen LogP) is 3.06. The Labute approximate surface area is 168 Å². The number of amides is 1. The molecule has 0 saturated carbocycles. The molecule has 1 aromatic carbocycles. The molecule has 2 aromatic rings. The lowest BCUT2D eigenvalue weighted by molar-refractivity contribution is -0.140. The van der Waals surface area contributed by atoms with E-state index >= 15 is 0 Å². The van der Waals surface area contributed by atoms with Gasteiger partial charge in [0.1, 0.15) is 29.4 Å². The zero-order valence-corrected chi connectivity index (χ0v) is 16.4. The van der Waals surface area contributed by atoms with E-state index in [1.165, 1.54) is 11.2 Å². The number of furan rings is 1. The largest absolute Gasteiger partial charge is 0.507 e. The summed E-state index contributed by atoms with van der Waals surface area (Å²) >= 11 is 0. The van der Waals surface area contributed by atoms with Gasteiger partial charge in [-0.05, 0) is 49.2 Å². The molecule has 152 valence electrons. The molecule has 2 aliphatic rings. The van der Waals surface area contributed by atoms with Crippen LogP contribution in [0.15, 0.2) is 46.6 Å². The summed E-state index contributed by atoms with van der Waals surface area (Å²) in [6.45, 7) is 2.75. The van der Waals surface area contributed by atoms with Gasteiger partial charge in [-0.1, -0.05) is 0 Å². The number of carbonyl (C=O) groups is 2. The van der Waals surface area contributed by atoms with Gasteiger partial charge in [-0.25, -0.2) is 0 Å². The molecule has 0 radical (unpaired) electrons. The zero-order chi connectivity index (χ0) is 20.5. The number of benzene rings is 1. The molecule has 1 N–H and O–H groups in total. The van der Waals surface area contributed by atoms with Gasteiger partial charge in [0.15, 0.2) is 0 Å². The van der Waals surface area contributed by atoms with Crippen LogP contribution in [-0.2, 0) is 20.7 Å². The Balaban J connectivity index is 1.76. The van der Waals surface area contributed by atoms with E-state index in [4.69, 9.17) is 13.9 Å². The van der Waals surface area contributed by atoms with E-state index in [0.29, 0.717) is 30.9 Å². The molecule has 2 aliphatic heterocycles. The van der Waals surface area contributed by atoms with E-state index in [-0.39, 0.29) is 17.4 Å². The zero-order valence-electron chi connectivity index (χ0n) is 16.4. The van der Waals surface area contributed by atoms with Crippen LogP contribution in [0.4, 0.5) is 0 Å². The highest BCUT2D eigenvalue weighted by Gasteiger charge is 2.47. The highest BCUT2D eigenvalue weighted by molar-refractivity contribution is 6.46. The van der Waals surface area contributed by atoms with Gasteiger partial charge in [-0.2, -0.15) is 0 Å². The van der Waals surface area contributed by atoms with Crippen LogP contribution in [-0.4, -0.2) is 48.1 Å². The first-order chi connectivity index (χ1) is 14.0. The third-order valence-corrected chi connectivity index (χ3v) is 5.27. The molecule has 1 saturated heterocycles. The SMILES string of the molecule is COCCCN1C(=O)C(=O)/C(=C(\O)c2ccc3c(c2)CC(C)O3)C1c1ccco1. The van der Waals surface area contributed by atoms with Gasteiger partial charge in [-0.15, -0.1) is 0 Å². The summed E-state index contributed by atoms with van der Waals surface area (Å²) in [6.07, 6.45) is 2.84. The Bertz CT molecular complexity index is 962. The minimum atomic E-state index is -0.773. The fraction of sp³-hybridized carbons (Fsp3) is 0.364. The minimum Gasteiger partial charge on any atom is -0.507 e. The highest BCUT2D eigenvalue weighted by Crippen LogP contribution is 2.40. The van der Waals surface area contributed by atoms with Crippen LogP contribution in [0.25, 0.3) is 5.76 Å². The summed E-state index contributed by atoms with van der Waals surface area (Å²) in [7, 11) is 1.58. The van der Waals surface area contributed by atoms with Crippen molar-refractivity contribution in [2.75, 3.05) is 20.3 Å². The topological polar surface area (TPSA) is 89.2 Å². The molecule has 1 amide bonds. The third kappa shape index (κ3) is 3.42. The van der Waals surface area contributed by atoms with Crippen LogP contribution >= 0.6 is 0 Å². The van der Waals surface area contributed by atoms with Gasteiger partial charge in [0.25, 0.3) is 11.7 Å². The first-order valence-corrected chi connectivity index (χ1v) is 9.62. The molecule has 7 nitrogen and oxygen atoms in total. The van der Waals surface area contributed by atoms with Crippen LogP contribution in [0.3, 0.4) is 0 Å². The number of ether oxygens (including phenoxy) is 2. The van der Waals surface area contributed by atoms with Crippen molar-refractivity contribution in [3.63, 3.8) is 0 Å². The van der Waals surface area contributed by atoms with Gasteiger partial charge in [0.05, 0.1) is 11.8 Å². The first-order valence-electron chi connectivity index (χ1n) is 9.62. The molecule has 29 heavy (non-hydrogen) atoms. The molecule has 0 bridgehead atoms. The highest BCUT2D eigenvalue weighted by atomic mass is 16.5. The summed E-state index contributed by atoms with van der Waals surface area (Å²) in [5.74, 6) is -0.368. The maximum atomic E-state index is 12.8. The summed E-state index contributed by atoms with van der Waals surface area (Å²) in [4.78, 5) is 27.0. The summed E-state index contributed by atoms with van der Waals surface area (Å²) in [6, 6.07) is 7.91. The molecule has 1 aromatic heterocycles. The predicted molar refractivity (Wildman–Crippen MR) is 104 cm³/mol. The lowest BCUT2D eigenvalue weighted by atomic mass is 9.97. The van der Waals surface area contributed by atoms with E-state index < -0.39 is 17.7 Å². The Hall–Kier alpha value is -3.06. The summed E-state index contributed by atoms with van der Waals surface area (Å²) < 4.78 is 16.3. The van der Waals surface area contributed by atoms with Crippen LogP contribution < -0.4 is 4.74 Å². The van der Waals surface area contributed by atoms with Crippen molar-refractivity contribution in [1.82, 2.24) is 4.90 Å². The molecule has 2 unspecified atom stereocenters. The molecule has 1 fully saturated rings. The van der Waals surface area contributed by atoms with Crippen LogP contribution in [0.5, 0.6) is 5.75 Å². The molecular formula is C22H23NO6. The molecule has 2 atom stereocenters. The number of ketones is 1. The number of carbonyl (C=O) groups excluding carboxylic acids is 2. The van der Waals surface area contributed by atoms with Crippen molar-refractivity contribution in [3.8, 4) is 5.75 Å². The molecule has 3 heterocycles. The van der Waals surface area contributed by atoms with E-state index in [0.717, 1.165) is 17.7 Å². The van der Waals surface area contributed by atoms with E-state index in [2.05, 4.69) is 0 Å². The first kappa shape index (κ1) is 19.3. The van der Waals surface area contributed by atoms with Crippen LogP contribution in [0.1, 0.15) is 36.3 Å². The Kier molecular flexibility index (Phi) is 5.15. The maximum absolute atomic E-state index is 12.8. The number of hydrogen-bond acceptors (Lipinski definition) is 6. The van der Waals surface area contributed by atoms with Crippen molar-refractivity contribution < 1.29 is 28.6 Å². The van der Waals surface area contributed by atoms with Gasteiger partial charge in [0.2, 0.25) is 0 Å². The second-order valence-electron chi connectivity index (χ2n) is 7.31. The van der Waals surface area contributed by atoms with Crippen molar-refractivity contribution in [2.24, 2.45) is 0 Å². The Morgan fingerprint density at radius 3 is 2.86 bits per heavy atom. The van der Waals surface area contributed by atoms with Crippen LogP contribution in [0, 0.1) is 0 Å². The van der Waals surface area contributed by atoms with Gasteiger partial charge in [-0.3, -0.25) is 9.59 Å². The standard InChI is InChI=1S/C22H23NO6/c1-13-11-15-12-14(6-7-16(15)29-13)20(24)18-19(17-5-3-10-28-17)23(8-4-9-27-2)22(26)21(18)25/h3,5-7,10,12-13,19,24H,4,8-9,11H2,1-2H3/b20-18-. The number of aliphatic hydroxyl groups is 1. The number of aliphatic hydroxyl groups excluding tert-OH is 1. The lowest BCUT2D eigenvalue weighted by Gasteiger charge is -2.23. The lowest BCUT2D eigenvalue weighted by Crippen LogP contribution is -2.31. The second-order valence-corrected chi connectivity index (χ2v) is 7.31. The van der Waals surface area contributed by atoms with Crippen molar-refractivity contribution in [3.05, 3.63) is 59.1 Å². The third-order valence-electron chi connectivity index (χ3n) is 5.27. The van der Waals surface area contributed by atoms with Crippen molar-refractivity contribution in [2.45, 2.75) is 31.9 Å². The Morgan fingerprint density at radius 1 is 1.31 bits per heavy atom. The van der Waals surface area contributed by atoms with Crippen molar-refractivity contribution >= 4 is 17.4 Å². The molecule has 7 heteroatoms. The van der Waals surface area contributed by atoms with Gasteiger partial charge >= 0.3 is 0 Å². The smallest absolute Gasteiger partial charge is 0.295 e. The number of nitrogens with zero attached hydrogens (tertiary/aromatic N) is 1. The molecular weight excluding hydrogens is 374 g/mol. The van der Waals surface area contributed by atoms with Gasteiger partial charge in [0, 0.05) is 32.2 Å². The fourth-order valence-electron chi connectivity index (χ4n) is 3.96. The monoisotopic (exact) mass is 397 g/mol. The van der Waals surface area contributed by atoms with E-state index in [1.807, 2.05) is 13.0 Å². The number of methoxy groups -OCH3 is 1. The fourth-order valence-corrected chi connectivity index (χ4v) is 3.96. The number of Topliss-reactive ketones (excluding diaryl/α,β-unsaturated/α-hetero) is 1.